The van der Waals surface area contributed by atoms with Gasteiger partial charge in [-0.15, -0.1) is 0 Å². The summed E-state index contributed by atoms with van der Waals surface area (Å²) < 4.78 is 47.0. The number of hydroxylamine groups is 1. The Balaban J connectivity index is 1.97. The van der Waals surface area contributed by atoms with E-state index in [-0.39, 0.29) is 24.2 Å². The van der Waals surface area contributed by atoms with Gasteiger partial charge in [-0.2, -0.15) is 4.31 Å². The summed E-state index contributed by atoms with van der Waals surface area (Å²) in [4.78, 5) is 24.3. The second-order valence-corrected chi connectivity index (χ2v) is 10.0. The van der Waals surface area contributed by atoms with Crippen molar-refractivity contribution in [1.82, 2.24) is 9.79 Å². The molecule has 11 heteroatoms. The Kier molecular flexibility index (Phi) is 7.90. The van der Waals surface area contributed by atoms with Crippen LogP contribution in [0.15, 0.2) is 53.4 Å². The molecule has 34 heavy (non-hydrogen) atoms. The van der Waals surface area contributed by atoms with Crippen LogP contribution < -0.4 is 10.2 Å². The fourth-order valence-electron chi connectivity index (χ4n) is 4.18. The molecule has 1 amide bonds. The zero-order chi connectivity index (χ0) is 24.9. The molecule has 1 unspecified atom stereocenters. The standard InChI is InChI=1S/C23H27FN2O7S/c1-2-16(21(27)28)15-26(23(22(29)25-30)13-3-4-14-23)34(31,32)20-11-9-19(10-12-20)33-18-7-5-17(24)6-8-18/h5-12,16,30H,2-4,13-15H2,1H3,(H,25,29)(H,27,28). The molecule has 3 N–H and O–H groups in total. The lowest BCUT2D eigenvalue weighted by Crippen LogP contribution is -2.60. The number of aliphatic carboxylic acids is 1. The van der Waals surface area contributed by atoms with Gasteiger partial charge in [-0.1, -0.05) is 19.8 Å². The van der Waals surface area contributed by atoms with E-state index in [1.165, 1.54) is 48.5 Å². The van der Waals surface area contributed by atoms with Gasteiger partial charge in [0, 0.05) is 6.54 Å². The van der Waals surface area contributed by atoms with Gasteiger partial charge >= 0.3 is 5.97 Å². The highest BCUT2D eigenvalue weighted by Gasteiger charge is 2.52. The highest BCUT2D eigenvalue weighted by molar-refractivity contribution is 7.89. The molecule has 0 aromatic heterocycles. The van der Waals surface area contributed by atoms with Crippen molar-refractivity contribution < 1.29 is 37.4 Å². The van der Waals surface area contributed by atoms with E-state index < -0.39 is 45.7 Å². The highest BCUT2D eigenvalue weighted by atomic mass is 32.2. The fourth-order valence-corrected chi connectivity index (χ4v) is 6.02. The molecule has 0 heterocycles. The third-order valence-electron chi connectivity index (χ3n) is 6.12. The number of carbonyl (C=O) groups excluding carboxylic acids is 1. The Morgan fingerprint density at radius 2 is 1.62 bits per heavy atom. The molecular weight excluding hydrogens is 467 g/mol. The van der Waals surface area contributed by atoms with Gasteiger partial charge in [0.05, 0.1) is 10.8 Å². The summed E-state index contributed by atoms with van der Waals surface area (Å²) in [6, 6.07) is 10.7. The molecule has 1 atom stereocenters. The minimum atomic E-state index is -4.34. The monoisotopic (exact) mass is 494 g/mol. The molecule has 1 fully saturated rings. The van der Waals surface area contributed by atoms with Crippen molar-refractivity contribution >= 4 is 21.9 Å². The van der Waals surface area contributed by atoms with Crippen molar-refractivity contribution in [3.05, 3.63) is 54.3 Å². The van der Waals surface area contributed by atoms with E-state index in [0.29, 0.717) is 24.3 Å². The number of carboxylic acids is 1. The van der Waals surface area contributed by atoms with Crippen molar-refractivity contribution in [2.75, 3.05) is 6.54 Å². The molecule has 3 rings (SSSR count). The number of rotatable bonds is 10. The number of carbonyl (C=O) groups is 2. The Bertz CT molecular complexity index is 1120. The molecule has 0 aliphatic heterocycles. The Morgan fingerprint density at radius 3 is 2.09 bits per heavy atom. The number of carboxylic acid groups (broad SMARTS) is 1. The minimum absolute atomic E-state index is 0.153. The van der Waals surface area contributed by atoms with Gasteiger partial charge in [-0.25, -0.2) is 18.3 Å². The van der Waals surface area contributed by atoms with Crippen LogP contribution in [0, 0.1) is 11.7 Å². The maximum absolute atomic E-state index is 13.7. The predicted octanol–water partition coefficient (Wildman–Crippen LogP) is 3.54. The number of sulfonamides is 1. The summed E-state index contributed by atoms with van der Waals surface area (Å²) >= 11 is 0. The van der Waals surface area contributed by atoms with E-state index in [9.17, 15) is 32.7 Å². The predicted molar refractivity (Wildman–Crippen MR) is 119 cm³/mol. The Labute approximate surface area is 197 Å². The molecule has 0 saturated heterocycles. The van der Waals surface area contributed by atoms with Crippen LogP contribution in [0.4, 0.5) is 4.39 Å². The third kappa shape index (κ3) is 5.21. The van der Waals surface area contributed by atoms with Crippen LogP contribution in [0.2, 0.25) is 0 Å². The quantitative estimate of drug-likeness (QED) is 0.340. The maximum Gasteiger partial charge on any atom is 0.307 e. The summed E-state index contributed by atoms with van der Waals surface area (Å²) in [6.45, 7) is 1.20. The molecule has 9 nitrogen and oxygen atoms in total. The van der Waals surface area contributed by atoms with Crippen molar-refractivity contribution in [3.63, 3.8) is 0 Å². The topological polar surface area (TPSA) is 133 Å². The average Bonchev–Trinajstić information content (AvgIpc) is 3.31. The first kappa shape index (κ1) is 25.6. The Hall–Kier alpha value is -3.02. The van der Waals surface area contributed by atoms with Crippen LogP contribution in [-0.2, 0) is 19.6 Å². The van der Waals surface area contributed by atoms with E-state index in [2.05, 4.69) is 0 Å². The van der Waals surface area contributed by atoms with Crippen LogP contribution in [-0.4, -0.2) is 47.0 Å². The molecule has 2 aromatic carbocycles. The number of hydrogen-bond donors (Lipinski definition) is 3. The zero-order valence-electron chi connectivity index (χ0n) is 18.6. The van der Waals surface area contributed by atoms with E-state index in [1.807, 2.05) is 0 Å². The average molecular weight is 495 g/mol. The van der Waals surface area contributed by atoms with Gasteiger partial charge in [0.15, 0.2) is 0 Å². The maximum atomic E-state index is 13.7. The smallest absolute Gasteiger partial charge is 0.307 e. The summed E-state index contributed by atoms with van der Waals surface area (Å²) in [5, 5.41) is 18.9. The van der Waals surface area contributed by atoms with Gasteiger partial charge in [0.1, 0.15) is 22.9 Å². The first-order valence-electron chi connectivity index (χ1n) is 10.9. The lowest BCUT2D eigenvalue weighted by Gasteiger charge is -2.39. The van der Waals surface area contributed by atoms with E-state index >= 15 is 0 Å². The minimum Gasteiger partial charge on any atom is -0.481 e. The Morgan fingerprint density at radius 1 is 1.09 bits per heavy atom. The molecule has 1 aliphatic rings. The van der Waals surface area contributed by atoms with Crippen LogP contribution in [0.3, 0.4) is 0 Å². The first-order chi connectivity index (χ1) is 16.1. The number of ether oxygens (including phenoxy) is 1. The third-order valence-corrected chi connectivity index (χ3v) is 8.07. The molecule has 184 valence electrons. The fraction of sp³-hybridized carbons (Fsp3) is 0.391. The van der Waals surface area contributed by atoms with Crippen LogP contribution in [0.1, 0.15) is 39.0 Å². The van der Waals surface area contributed by atoms with E-state index in [4.69, 9.17) is 4.74 Å². The van der Waals surface area contributed by atoms with E-state index in [1.54, 1.807) is 12.4 Å². The van der Waals surface area contributed by atoms with Crippen molar-refractivity contribution in [1.29, 1.82) is 0 Å². The lowest BCUT2D eigenvalue weighted by atomic mass is 9.95. The summed E-state index contributed by atoms with van der Waals surface area (Å²) in [5.74, 6) is -2.87. The number of nitrogens with one attached hydrogen (secondary N) is 1. The SMILES string of the molecule is CCC(CN(C1(C(=O)NO)CCCC1)S(=O)(=O)c1ccc(Oc2ccc(F)cc2)cc1)C(=O)O. The highest BCUT2D eigenvalue weighted by Crippen LogP contribution is 2.40. The van der Waals surface area contributed by atoms with Gasteiger partial charge in [0.25, 0.3) is 5.91 Å². The van der Waals surface area contributed by atoms with Gasteiger partial charge in [-0.05, 0) is 67.8 Å². The van der Waals surface area contributed by atoms with Crippen molar-refractivity contribution in [3.8, 4) is 11.5 Å². The van der Waals surface area contributed by atoms with Gasteiger partial charge in [0.2, 0.25) is 10.0 Å². The molecule has 0 radical (unpaired) electrons. The first-order valence-corrected chi connectivity index (χ1v) is 12.3. The zero-order valence-corrected chi connectivity index (χ0v) is 19.4. The molecule has 0 spiro atoms. The van der Waals surface area contributed by atoms with Gasteiger partial charge in [-0.3, -0.25) is 14.8 Å². The number of hydrogen-bond acceptors (Lipinski definition) is 6. The summed E-state index contributed by atoms with van der Waals surface area (Å²) in [7, 11) is -4.34. The van der Waals surface area contributed by atoms with Gasteiger partial charge < -0.3 is 9.84 Å². The van der Waals surface area contributed by atoms with Crippen LogP contribution in [0.25, 0.3) is 0 Å². The number of benzene rings is 2. The lowest BCUT2D eigenvalue weighted by molar-refractivity contribution is -0.145. The molecule has 0 bridgehead atoms. The van der Waals surface area contributed by atoms with Crippen molar-refractivity contribution in [2.24, 2.45) is 5.92 Å². The number of amides is 1. The van der Waals surface area contributed by atoms with E-state index in [0.717, 1.165) is 4.31 Å². The van der Waals surface area contributed by atoms with Crippen LogP contribution in [0.5, 0.6) is 11.5 Å². The largest absolute Gasteiger partial charge is 0.481 e. The van der Waals surface area contributed by atoms with Crippen LogP contribution >= 0.6 is 0 Å². The number of halogens is 1. The second kappa shape index (κ2) is 10.5. The normalized spacial score (nSPS) is 16.2. The summed E-state index contributed by atoms with van der Waals surface area (Å²) in [6.07, 6.45) is 1.56. The molecule has 2 aromatic rings. The molecule has 1 aliphatic carbocycles. The second-order valence-electron chi connectivity index (χ2n) is 8.19. The van der Waals surface area contributed by atoms with Crippen molar-refractivity contribution in [2.45, 2.75) is 49.5 Å². The molecule has 1 saturated carbocycles. The summed E-state index contributed by atoms with van der Waals surface area (Å²) in [5.41, 5.74) is -0.0240. The molecular formula is C23H27FN2O7S. The number of nitrogens with zero attached hydrogens (tertiary/aromatic N) is 1.